The molecule has 0 aliphatic carbocycles. The van der Waals surface area contributed by atoms with Crippen molar-refractivity contribution in [3.05, 3.63) is 52.4 Å². The molecule has 0 spiro atoms. The summed E-state index contributed by atoms with van der Waals surface area (Å²) in [7, 11) is -16.6. The second-order valence-corrected chi connectivity index (χ2v) is 20.4. The van der Waals surface area contributed by atoms with Gasteiger partial charge in [0, 0.05) is 48.7 Å². The van der Waals surface area contributed by atoms with Crippen LogP contribution in [0.4, 0.5) is 16.3 Å². The Morgan fingerprint density at radius 1 is 1.05 bits per heavy atom. The molecule has 356 valence electrons. The fourth-order valence-electron chi connectivity index (χ4n) is 7.67. The van der Waals surface area contributed by atoms with Gasteiger partial charge in [-0.3, -0.25) is 13.9 Å². The lowest BCUT2D eigenvalue weighted by Crippen LogP contribution is -2.49. The van der Waals surface area contributed by atoms with E-state index < -0.39 is 72.2 Å². The third kappa shape index (κ3) is 11.9. The highest BCUT2D eigenvalue weighted by Gasteiger charge is 2.49. The predicted molar refractivity (Wildman–Crippen MR) is 225 cm³/mol. The van der Waals surface area contributed by atoms with E-state index in [1.165, 1.54) is 17.0 Å². The van der Waals surface area contributed by atoms with Crippen LogP contribution in [0.15, 0.2) is 40.1 Å². The van der Waals surface area contributed by atoms with E-state index in [-0.39, 0.29) is 66.0 Å². The van der Waals surface area contributed by atoms with E-state index in [2.05, 4.69) is 60.1 Å². The van der Waals surface area contributed by atoms with Crippen LogP contribution in [-0.2, 0) is 41.5 Å². The number of ether oxygens (including phenoxy) is 3. The number of aromatic nitrogens is 4. The van der Waals surface area contributed by atoms with Crippen molar-refractivity contribution in [3.63, 3.8) is 0 Å². The minimum atomic E-state index is -5.61. The Morgan fingerprint density at radius 2 is 1.77 bits per heavy atom. The zero-order valence-corrected chi connectivity index (χ0v) is 37.8. The van der Waals surface area contributed by atoms with E-state index >= 15 is 0 Å². The molecule has 0 bridgehead atoms. The Hall–Kier alpha value is -4.88. The molecular formula is C35H48N9O18P3. The minimum Gasteiger partial charge on any atom is -0.462 e. The Morgan fingerprint density at radius 3 is 2.48 bits per heavy atom. The molecule has 0 radical (unpaired) electrons. The van der Waals surface area contributed by atoms with Gasteiger partial charge in [0.25, 0.3) is 0 Å². The Balaban J connectivity index is 1.04. The molecule has 2 aliphatic rings. The van der Waals surface area contributed by atoms with Crippen LogP contribution in [0.5, 0.6) is 0 Å². The monoisotopic (exact) mass is 975 g/mol. The van der Waals surface area contributed by atoms with Gasteiger partial charge in [-0.05, 0) is 57.2 Å². The lowest BCUT2D eigenvalue weighted by molar-refractivity contribution is -0.121. The van der Waals surface area contributed by atoms with E-state index in [0.29, 0.717) is 23.9 Å². The maximum Gasteiger partial charge on any atom is 0.480 e. The molecule has 65 heavy (non-hydrogen) atoms. The third-order valence-corrected chi connectivity index (χ3v) is 14.6. The molecule has 10 N–H and O–H groups in total. The van der Waals surface area contributed by atoms with Crippen molar-refractivity contribution in [1.82, 2.24) is 35.0 Å². The second kappa shape index (κ2) is 19.5. The van der Waals surface area contributed by atoms with Crippen LogP contribution in [-0.4, -0.2) is 119 Å². The Labute approximate surface area is 368 Å². The number of benzene rings is 1. The van der Waals surface area contributed by atoms with Gasteiger partial charge in [-0.2, -0.15) is 4.31 Å². The standard InChI is InChI=1S/C35H48N9O18P3/c1-5-57-32(47)21-12-19-11-20-18(2)14-35(3,4)44(22(20)13-23(19)60-33(21)48)10-6-7-25(45)37-8-9-38-34(49)61-28-27(46)24(15-58-65(55,56)62-64(53,54)42-63(50,51)52)59-31(28)43-17-41-26-29(36)39-16-40-30(26)43/h11-13,16-18,24,27-28,31,46H,5-10,14-15H2,1-4H3,(H,37,45)(H,38,49)(H,55,56)(H2,36,39,40)(H4,42,50,51,52,53,54)/t18?,24-,27-,28-,31-/m1/s1. The molecule has 3 unspecified atom stereocenters. The lowest BCUT2D eigenvalue weighted by Gasteiger charge is -2.47. The quantitative estimate of drug-likeness (QED) is 0.0296. The first kappa shape index (κ1) is 49.6. The number of nitrogen functional groups attached to an aromatic ring is 1. The van der Waals surface area contributed by atoms with Crippen LogP contribution in [0.1, 0.15) is 75.0 Å². The highest BCUT2D eigenvalue weighted by Crippen LogP contribution is 2.61. The fraction of sp³-hybridized carbons (Fsp3) is 0.514. The molecule has 6 rings (SSSR count). The van der Waals surface area contributed by atoms with Crippen LogP contribution in [0.2, 0.25) is 0 Å². The number of hydrogen-bond acceptors (Lipinski definition) is 19. The maximum atomic E-state index is 13.0. The van der Waals surface area contributed by atoms with Gasteiger partial charge in [-0.15, -0.1) is 4.86 Å². The topological polar surface area (TPSA) is 389 Å². The lowest BCUT2D eigenvalue weighted by atomic mass is 9.79. The van der Waals surface area contributed by atoms with E-state index in [4.69, 9.17) is 34.1 Å². The van der Waals surface area contributed by atoms with E-state index in [1.54, 1.807) is 13.0 Å². The highest BCUT2D eigenvalue weighted by atomic mass is 31.3. The van der Waals surface area contributed by atoms with Gasteiger partial charge in [-0.1, -0.05) is 6.92 Å². The number of phosphoric ester groups is 1. The number of carbonyl (C=O) groups excluding carboxylic acids is 3. The summed E-state index contributed by atoms with van der Waals surface area (Å²) in [5.74, 6) is -0.999. The number of nitrogens with two attached hydrogens (primary N) is 1. The molecule has 4 aromatic rings. The number of carbonyl (C=O) groups is 3. The van der Waals surface area contributed by atoms with Crippen molar-refractivity contribution in [3.8, 4) is 0 Å². The number of nitrogens with zero attached hydrogens (tertiary/aromatic N) is 5. The summed E-state index contributed by atoms with van der Waals surface area (Å²) in [6.45, 7) is 7.21. The Bertz CT molecular complexity index is 2660. The third-order valence-electron chi connectivity index (χ3n) is 10.3. The van der Waals surface area contributed by atoms with E-state index in [1.807, 2.05) is 6.07 Å². The summed E-state index contributed by atoms with van der Waals surface area (Å²) in [5, 5.41) is 16.9. The number of phosphoric acid groups is 1. The second-order valence-electron chi connectivity index (χ2n) is 15.6. The van der Waals surface area contributed by atoms with Gasteiger partial charge in [0.1, 0.15) is 35.2 Å². The summed E-state index contributed by atoms with van der Waals surface area (Å²) in [6.07, 6.45) is -4.04. The number of esters is 1. The molecule has 30 heteroatoms. The van der Waals surface area contributed by atoms with Crippen molar-refractivity contribution in [1.29, 1.82) is 0 Å². The van der Waals surface area contributed by atoms with Crippen molar-refractivity contribution in [2.45, 2.75) is 83.0 Å². The average Bonchev–Trinajstić information content (AvgIpc) is 3.75. The van der Waals surface area contributed by atoms with Crippen LogP contribution in [0, 0.1) is 0 Å². The van der Waals surface area contributed by atoms with Gasteiger partial charge < -0.3 is 64.6 Å². The van der Waals surface area contributed by atoms with E-state index in [9.17, 15) is 47.8 Å². The largest absolute Gasteiger partial charge is 0.480 e. The average molecular weight is 976 g/mol. The first-order valence-corrected chi connectivity index (χ1v) is 24.5. The van der Waals surface area contributed by atoms with Gasteiger partial charge in [-0.25, -0.2) is 43.0 Å². The van der Waals surface area contributed by atoms with Crippen LogP contribution >= 0.6 is 23.3 Å². The van der Waals surface area contributed by atoms with Gasteiger partial charge in [0.05, 0.1) is 19.5 Å². The number of hydrogen-bond donors (Lipinski definition) is 9. The number of imidazole rings is 1. The molecule has 1 saturated heterocycles. The number of amides is 2. The summed E-state index contributed by atoms with van der Waals surface area (Å²) in [5.41, 5.74) is 6.83. The molecule has 7 atom stereocenters. The van der Waals surface area contributed by atoms with Crippen molar-refractivity contribution in [2.24, 2.45) is 0 Å². The molecular weight excluding hydrogens is 927 g/mol. The summed E-state index contributed by atoms with van der Waals surface area (Å²) in [4.78, 5) is 103. The number of anilines is 2. The van der Waals surface area contributed by atoms with Crippen LogP contribution in [0.3, 0.4) is 0 Å². The summed E-state index contributed by atoms with van der Waals surface area (Å²) >= 11 is 0. The van der Waals surface area contributed by atoms with Gasteiger partial charge in [0.2, 0.25) is 5.91 Å². The van der Waals surface area contributed by atoms with Crippen LogP contribution in [0.25, 0.3) is 22.1 Å². The number of rotatable bonds is 18. The number of alkyl carbamates (subject to hydrolysis) is 1. The summed E-state index contributed by atoms with van der Waals surface area (Å²) in [6, 6.07) is 5.15. The number of aliphatic hydroxyl groups is 1. The minimum absolute atomic E-state index is 0.0339. The van der Waals surface area contributed by atoms with Crippen molar-refractivity contribution >= 4 is 74.9 Å². The zero-order valence-electron chi connectivity index (χ0n) is 35.1. The van der Waals surface area contributed by atoms with E-state index in [0.717, 1.165) is 28.9 Å². The Kier molecular flexibility index (Phi) is 14.9. The molecule has 2 aliphatic heterocycles. The molecule has 2 amide bonds. The molecule has 3 aromatic heterocycles. The maximum absolute atomic E-state index is 13.0. The predicted octanol–water partition coefficient (Wildman–Crippen LogP) is 1.65. The zero-order chi connectivity index (χ0) is 47.6. The summed E-state index contributed by atoms with van der Waals surface area (Å²) < 4.78 is 67.1. The fourth-order valence-corrected chi connectivity index (χ4v) is 11.1. The van der Waals surface area contributed by atoms with Crippen molar-refractivity contribution in [2.75, 3.05) is 43.5 Å². The number of aliphatic hydroxyl groups excluding tert-OH is 1. The van der Waals surface area contributed by atoms with Crippen molar-refractivity contribution < 1.29 is 80.2 Å². The SMILES string of the molecule is CCOC(=O)c1cc2cc3c(cc2oc1=O)N(CCCC(=O)NCCNC(=O)O[C@@H]1[C@H](O)[C@@H](COP(=O)(O)OP(=O)(O)NP(=O)(O)O)O[C@H]1n1cnc2c(N)ncnc21)C(C)(C)CC3C. The highest BCUT2D eigenvalue weighted by molar-refractivity contribution is 7.70. The molecule has 0 saturated carbocycles. The van der Waals surface area contributed by atoms with Gasteiger partial charge >= 0.3 is 41.0 Å². The van der Waals surface area contributed by atoms with Gasteiger partial charge in [0.15, 0.2) is 23.8 Å². The molecule has 1 aromatic carbocycles. The molecule has 1 fully saturated rings. The first-order valence-electron chi connectivity index (χ1n) is 19.8. The smallest absolute Gasteiger partial charge is 0.462 e. The number of fused-ring (bicyclic) bond motifs is 3. The first-order chi connectivity index (χ1) is 30.4. The van der Waals surface area contributed by atoms with Crippen LogP contribution < -0.4 is 31.8 Å². The normalized spacial score (nSPS) is 22.5. The molecule has 5 heterocycles. The number of nitrogens with one attached hydrogen (secondary N) is 3. The molecule has 27 nitrogen and oxygen atoms in total.